The lowest BCUT2D eigenvalue weighted by atomic mass is 10.1. The summed E-state index contributed by atoms with van der Waals surface area (Å²) in [5, 5.41) is 0. The van der Waals surface area contributed by atoms with E-state index in [2.05, 4.69) is 19.9 Å². The van der Waals surface area contributed by atoms with Crippen molar-refractivity contribution >= 4 is 5.82 Å². The molecule has 5 heteroatoms. The second kappa shape index (κ2) is 4.81. The highest BCUT2D eigenvalue weighted by Gasteiger charge is 2.04. The molecule has 0 aliphatic heterocycles. The molecule has 0 spiro atoms. The van der Waals surface area contributed by atoms with Crippen LogP contribution >= 0.6 is 0 Å². The maximum atomic E-state index is 5.53. The van der Waals surface area contributed by atoms with Crippen molar-refractivity contribution in [2.24, 2.45) is 0 Å². The van der Waals surface area contributed by atoms with Crippen LogP contribution < -0.4 is 5.73 Å². The molecular weight excluding hydrogens is 238 g/mol. The Bertz CT molecular complexity index is 680. The van der Waals surface area contributed by atoms with Crippen LogP contribution in [-0.4, -0.2) is 19.9 Å². The molecule has 0 atom stereocenters. The van der Waals surface area contributed by atoms with Crippen LogP contribution in [0.3, 0.4) is 0 Å². The molecule has 3 aromatic rings. The van der Waals surface area contributed by atoms with E-state index in [1.165, 1.54) is 0 Å². The topological polar surface area (TPSA) is 77.6 Å². The van der Waals surface area contributed by atoms with Gasteiger partial charge in [0, 0.05) is 29.7 Å². The molecule has 0 saturated carbocycles. The predicted molar refractivity (Wildman–Crippen MR) is 72.9 cm³/mol. The van der Waals surface area contributed by atoms with Crippen molar-refractivity contribution in [3.05, 3.63) is 55.2 Å². The Morgan fingerprint density at radius 2 is 1.74 bits per heavy atom. The van der Waals surface area contributed by atoms with Gasteiger partial charge >= 0.3 is 0 Å². The highest BCUT2D eigenvalue weighted by molar-refractivity contribution is 5.67. The van der Waals surface area contributed by atoms with Crippen LogP contribution in [0, 0.1) is 0 Å². The lowest BCUT2D eigenvalue weighted by molar-refractivity contribution is 1.21. The minimum Gasteiger partial charge on any atom is -0.382 e. The quantitative estimate of drug-likeness (QED) is 0.753. The summed E-state index contributed by atoms with van der Waals surface area (Å²) >= 11 is 0. The number of nitrogens with zero attached hydrogens (tertiary/aromatic N) is 4. The minimum atomic E-state index is 0.408. The standard InChI is InChI=1S/C14H11N5/c15-14-9-18-13(8-19-14)10-3-5-17-12(6-10)11-2-1-4-16-7-11/h1-9H,(H2,15,19). The van der Waals surface area contributed by atoms with Crippen molar-refractivity contribution < 1.29 is 0 Å². The number of hydrogen-bond donors (Lipinski definition) is 1. The van der Waals surface area contributed by atoms with E-state index in [0.717, 1.165) is 22.5 Å². The van der Waals surface area contributed by atoms with E-state index in [0.29, 0.717) is 5.82 Å². The summed E-state index contributed by atoms with van der Waals surface area (Å²) in [7, 11) is 0. The van der Waals surface area contributed by atoms with Crippen molar-refractivity contribution in [3.8, 4) is 22.5 Å². The molecule has 3 heterocycles. The first kappa shape index (κ1) is 11.3. The van der Waals surface area contributed by atoms with E-state index < -0.39 is 0 Å². The Hall–Kier alpha value is -2.82. The molecule has 92 valence electrons. The Kier molecular flexibility index (Phi) is 2.86. The van der Waals surface area contributed by atoms with E-state index in [9.17, 15) is 0 Å². The summed E-state index contributed by atoms with van der Waals surface area (Å²) in [4.78, 5) is 16.7. The molecule has 0 amide bonds. The maximum Gasteiger partial charge on any atom is 0.141 e. The van der Waals surface area contributed by atoms with Gasteiger partial charge in [-0.3, -0.25) is 15.0 Å². The summed E-state index contributed by atoms with van der Waals surface area (Å²) < 4.78 is 0. The van der Waals surface area contributed by atoms with Crippen molar-refractivity contribution in [2.75, 3.05) is 5.73 Å². The molecule has 19 heavy (non-hydrogen) atoms. The van der Waals surface area contributed by atoms with Crippen LogP contribution in [0.15, 0.2) is 55.2 Å². The number of rotatable bonds is 2. The normalized spacial score (nSPS) is 10.3. The fourth-order valence-corrected chi connectivity index (χ4v) is 1.75. The van der Waals surface area contributed by atoms with Gasteiger partial charge in [-0.2, -0.15) is 0 Å². The third-order valence-corrected chi connectivity index (χ3v) is 2.68. The molecule has 5 nitrogen and oxygen atoms in total. The molecular formula is C14H11N5. The Morgan fingerprint density at radius 3 is 2.47 bits per heavy atom. The van der Waals surface area contributed by atoms with Crippen molar-refractivity contribution in [2.45, 2.75) is 0 Å². The molecule has 0 radical (unpaired) electrons. The molecule has 0 aliphatic rings. The Morgan fingerprint density at radius 1 is 0.789 bits per heavy atom. The van der Waals surface area contributed by atoms with Gasteiger partial charge in [-0.15, -0.1) is 0 Å². The van der Waals surface area contributed by atoms with Gasteiger partial charge in [-0.25, -0.2) is 4.98 Å². The van der Waals surface area contributed by atoms with Crippen LogP contribution in [0.25, 0.3) is 22.5 Å². The van der Waals surface area contributed by atoms with Gasteiger partial charge < -0.3 is 5.73 Å². The number of hydrogen-bond acceptors (Lipinski definition) is 5. The largest absolute Gasteiger partial charge is 0.382 e. The van der Waals surface area contributed by atoms with Crippen LogP contribution in [0.5, 0.6) is 0 Å². The molecule has 0 saturated heterocycles. The van der Waals surface area contributed by atoms with Crippen LogP contribution in [-0.2, 0) is 0 Å². The first-order valence-corrected chi connectivity index (χ1v) is 5.77. The van der Waals surface area contributed by atoms with E-state index in [1.54, 1.807) is 31.0 Å². The van der Waals surface area contributed by atoms with Crippen molar-refractivity contribution in [1.82, 2.24) is 19.9 Å². The van der Waals surface area contributed by atoms with Gasteiger partial charge in [0.05, 0.1) is 23.8 Å². The molecule has 0 aromatic carbocycles. The molecule has 0 bridgehead atoms. The number of nitrogen functional groups attached to an aromatic ring is 1. The number of aromatic nitrogens is 4. The molecule has 0 fully saturated rings. The zero-order chi connectivity index (χ0) is 13.1. The van der Waals surface area contributed by atoms with Gasteiger partial charge in [0.1, 0.15) is 5.82 Å². The third-order valence-electron chi connectivity index (χ3n) is 2.68. The Balaban J connectivity index is 2.03. The lowest BCUT2D eigenvalue weighted by Gasteiger charge is -2.04. The zero-order valence-electron chi connectivity index (χ0n) is 10.1. The van der Waals surface area contributed by atoms with Crippen LogP contribution in [0.2, 0.25) is 0 Å². The predicted octanol–water partition coefficient (Wildman–Crippen LogP) is 2.18. The smallest absolute Gasteiger partial charge is 0.141 e. The van der Waals surface area contributed by atoms with E-state index >= 15 is 0 Å². The summed E-state index contributed by atoms with van der Waals surface area (Å²) in [6, 6.07) is 7.69. The summed E-state index contributed by atoms with van der Waals surface area (Å²) in [5.41, 5.74) is 9.06. The van der Waals surface area contributed by atoms with Crippen molar-refractivity contribution in [1.29, 1.82) is 0 Å². The van der Waals surface area contributed by atoms with E-state index in [1.807, 2.05) is 24.3 Å². The molecule has 0 aliphatic carbocycles. The third kappa shape index (κ3) is 2.40. The first-order chi connectivity index (χ1) is 9.33. The number of nitrogens with two attached hydrogens (primary N) is 1. The van der Waals surface area contributed by atoms with Gasteiger partial charge in [-0.1, -0.05) is 0 Å². The van der Waals surface area contributed by atoms with Crippen LogP contribution in [0.4, 0.5) is 5.82 Å². The Labute approximate surface area is 110 Å². The van der Waals surface area contributed by atoms with Gasteiger partial charge in [0.2, 0.25) is 0 Å². The molecule has 3 aromatic heterocycles. The van der Waals surface area contributed by atoms with Crippen LogP contribution in [0.1, 0.15) is 0 Å². The molecule has 0 unspecified atom stereocenters. The molecule has 2 N–H and O–H groups in total. The number of pyridine rings is 2. The maximum absolute atomic E-state index is 5.53. The fraction of sp³-hybridized carbons (Fsp3) is 0. The summed E-state index contributed by atoms with van der Waals surface area (Å²) in [6.07, 6.45) is 8.45. The molecule has 3 rings (SSSR count). The fourth-order valence-electron chi connectivity index (χ4n) is 1.75. The zero-order valence-corrected chi connectivity index (χ0v) is 10.1. The first-order valence-electron chi connectivity index (χ1n) is 5.77. The average molecular weight is 249 g/mol. The SMILES string of the molecule is Nc1cnc(-c2ccnc(-c3cccnc3)c2)cn1. The lowest BCUT2D eigenvalue weighted by Crippen LogP contribution is -1.93. The van der Waals surface area contributed by atoms with E-state index in [4.69, 9.17) is 5.73 Å². The second-order valence-corrected chi connectivity index (χ2v) is 4.00. The summed E-state index contributed by atoms with van der Waals surface area (Å²) in [5.74, 6) is 0.408. The highest BCUT2D eigenvalue weighted by atomic mass is 14.9. The highest BCUT2D eigenvalue weighted by Crippen LogP contribution is 2.22. The van der Waals surface area contributed by atoms with Gasteiger partial charge in [0.15, 0.2) is 0 Å². The number of anilines is 1. The second-order valence-electron chi connectivity index (χ2n) is 4.00. The van der Waals surface area contributed by atoms with Crippen molar-refractivity contribution in [3.63, 3.8) is 0 Å². The minimum absolute atomic E-state index is 0.408. The average Bonchev–Trinajstić information content (AvgIpc) is 2.49. The van der Waals surface area contributed by atoms with Gasteiger partial charge in [0.25, 0.3) is 0 Å². The van der Waals surface area contributed by atoms with Gasteiger partial charge in [-0.05, 0) is 24.3 Å². The monoisotopic (exact) mass is 249 g/mol. The van der Waals surface area contributed by atoms with E-state index in [-0.39, 0.29) is 0 Å². The summed E-state index contributed by atoms with van der Waals surface area (Å²) in [6.45, 7) is 0.